The number of hydrogen-bond donors (Lipinski definition) is 1. The molecule has 1 N–H and O–H groups in total. The highest BCUT2D eigenvalue weighted by atomic mass is 16.5. The van der Waals surface area contributed by atoms with E-state index in [0.29, 0.717) is 5.75 Å². The van der Waals surface area contributed by atoms with Crippen LogP contribution in [0.1, 0.15) is 26.3 Å². The van der Waals surface area contributed by atoms with Crippen LogP contribution in [0.5, 0.6) is 5.75 Å². The topological polar surface area (TPSA) is 55.4 Å². The van der Waals surface area contributed by atoms with Crippen molar-refractivity contribution >= 4 is 11.9 Å². The first-order valence-corrected chi connectivity index (χ1v) is 5.85. The Kier molecular flexibility index (Phi) is 4.48. The second-order valence-corrected chi connectivity index (χ2v) is 5.17. The number of amides is 1. The van der Waals surface area contributed by atoms with Gasteiger partial charge in [0.05, 0.1) is 0 Å². The molecular formula is C14H19NO3. The lowest BCUT2D eigenvalue weighted by molar-refractivity contribution is -0.137. The van der Waals surface area contributed by atoms with Crippen molar-refractivity contribution < 1.29 is 14.3 Å². The van der Waals surface area contributed by atoms with E-state index in [1.165, 1.54) is 0 Å². The largest absolute Gasteiger partial charge is 0.425 e. The van der Waals surface area contributed by atoms with Crippen LogP contribution in [0, 0.1) is 12.3 Å². The smallest absolute Gasteiger partial charge is 0.330 e. The van der Waals surface area contributed by atoms with Gasteiger partial charge in [-0.3, -0.25) is 4.79 Å². The molecule has 0 aliphatic rings. The van der Waals surface area contributed by atoms with Gasteiger partial charge >= 0.3 is 5.97 Å². The summed E-state index contributed by atoms with van der Waals surface area (Å²) in [5, 5.41) is 2.55. The summed E-state index contributed by atoms with van der Waals surface area (Å²) in [4.78, 5) is 23.1. The standard InChI is InChI=1S/C14H19NO3/c1-10-7-5-6-8-11(10)18-12(16)9-15-13(17)14(2,3)4/h5-8H,9H2,1-4H3,(H,15,17). The average molecular weight is 249 g/mol. The molecule has 98 valence electrons. The SMILES string of the molecule is Cc1ccccc1OC(=O)CNC(=O)C(C)(C)C. The normalized spacial score (nSPS) is 10.9. The molecule has 1 aromatic carbocycles. The minimum Gasteiger partial charge on any atom is -0.425 e. The number of rotatable bonds is 3. The summed E-state index contributed by atoms with van der Waals surface area (Å²) in [5.74, 6) is -0.126. The first-order chi connectivity index (χ1) is 8.30. The highest BCUT2D eigenvalue weighted by Gasteiger charge is 2.21. The highest BCUT2D eigenvalue weighted by Crippen LogP contribution is 2.16. The van der Waals surface area contributed by atoms with Crippen molar-refractivity contribution in [1.82, 2.24) is 5.32 Å². The van der Waals surface area contributed by atoms with Gasteiger partial charge in [0.25, 0.3) is 0 Å². The van der Waals surface area contributed by atoms with Crippen LogP contribution in [0.2, 0.25) is 0 Å². The molecule has 0 atom stereocenters. The summed E-state index contributed by atoms with van der Waals surface area (Å²) in [6, 6.07) is 7.24. The lowest BCUT2D eigenvalue weighted by atomic mass is 9.96. The van der Waals surface area contributed by atoms with Crippen molar-refractivity contribution in [3.05, 3.63) is 29.8 Å². The Bertz CT molecular complexity index is 447. The lowest BCUT2D eigenvalue weighted by Crippen LogP contribution is -2.39. The first-order valence-electron chi connectivity index (χ1n) is 5.85. The van der Waals surface area contributed by atoms with E-state index in [2.05, 4.69) is 5.32 Å². The van der Waals surface area contributed by atoms with Crippen LogP contribution in [0.25, 0.3) is 0 Å². The molecule has 0 fully saturated rings. The average Bonchev–Trinajstić information content (AvgIpc) is 2.27. The Hall–Kier alpha value is -1.84. The van der Waals surface area contributed by atoms with Gasteiger partial charge in [0, 0.05) is 5.41 Å². The molecule has 0 spiro atoms. The van der Waals surface area contributed by atoms with Crippen molar-refractivity contribution in [3.8, 4) is 5.75 Å². The van der Waals surface area contributed by atoms with Crippen LogP contribution in [0.3, 0.4) is 0 Å². The number of hydrogen-bond acceptors (Lipinski definition) is 3. The summed E-state index contributed by atoms with van der Waals surface area (Å²) in [6.07, 6.45) is 0. The van der Waals surface area contributed by atoms with Crippen molar-refractivity contribution in [3.63, 3.8) is 0 Å². The van der Waals surface area contributed by atoms with E-state index in [0.717, 1.165) is 5.56 Å². The van der Waals surface area contributed by atoms with Gasteiger partial charge in [-0.25, -0.2) is 4.79 Å². The number of carbonyl (C=O) groups excluding carboxylic acids is 2. The van der Waals surface area contributed by atoms with Crippen LogP contribution < -0.4 is 10.1 Å². The number of ether oxygens (including phenoxy) is 1. The second-order valence-electron chi connectivity index (χ2n) is 5.17. The number of esters is 1. The van der Waals surface area contributed by atoms with Crippen molar-refractivity contribution in [2.45, 2.75) is 27.7 Å². The molecule has 1 amide bonds. The molecule has 0 bridgehead atoms. The molecule has 4 nitrogen and oxygen atoms in total. The molecule has 0 aromatic heterocycles. The number of benzene rings is 1. The third-order valence-corrected chi connectivity index (χ3v) is 2.39. The lowest BCUT2D eigenvalue weighted by Gasteiger charge is -2.17. The van der Waals surface area contributed by atoms with Crippen LogP contribution >= 0.6 is 0 Å². The Balaban J connectivity index is 2.49. The number of carbonyl (C=O) groups is 2. The van der Waals surface area contributed by atoms with Gasteiger partial charge in [-0.05, 0) is 18.6 Å². The fraction of sp³-hybridized carbons (Fsp3) is 0.429. The van der Waals surface area contributed by atoms with E-state index in [9.17, 15) is 9.59 Å². The maximum absolute atomic E-state index is 11.6. The second kappa shape index (κ2) is 5.67. The van der Waals surface area contributed by atoms with E-state index < -0.39 is 11.4 Å². The van der Waals surface area contributed by atoms with Gasteiger partial charge in [-0.15, -0.1) is 0 Å². The summed E-state index contributed by atoms with van der Waals surface area (Å²) < 4.78 is 5.15. The van der Waals surface area contributed by atoms with Crippen molar-refractivity contribution in [1.29, 1.82) is 0 Å². The molecule has 0 saturated heterocycles. The van der Waals surface area contributed by atoms with Gasteiger partial charge in [0.15, 0.2) is 0 Å². The molecular weight excluding hydrogens is 230 g/mol. The third kappa shape index (κ3) is 4.20. The number of aryl methyl sites for hydroxylation is 1. The van der Waals surface area contributed by atoms with Gasteiger partial charge < -0.3 is 10.1 Å². The van der Waals surface area contributed by atoms with E-state index in [4.69, 9.17) is 4.74 Å². The van der Waals surface area contributed by atoms with Crippen molar-refractivity contribution in [2.75, 3.05) is 6.54 Å². The van der Waals surface area contributed by atoms with E-state index in [1.54, 1.807) is 32.9 Å². The predicted octanol–water partition coefficient (Wildman–Crippen LogP) is 2.06. The van der Waals surface area contributed by atoms with Crippen LogP contribution in [-0.4, -0.2) is 18.4 Å². The molecule has 4 heteroatoms. The molecule has 0 aliphatic heterocycles. The van der Waals surface area contributed by atoms with E-state index in [1.807, 2.05) is 19.1 Å². The molecule has 18 heavy (non-hydrogen) atoms. The van der Waals surface area contributed by atoms with Crippen molar-refractivity contribution in [2.24, 2.45) is 5.41 Å². The van der Waals surface area contributed by atoms with Gasteiger partial charge in [-0.1, -0.05) is 39.0 Å². The molecule has 0 radical (unpaired) electrons. The van der Waals surface area contributed by atoms with Gasteiger partial charge in [0.2, 0.25) is 5.91 Å². The maximum Gasteiger partial charge on any atom is 0.330 e. The maximum atomic E-state index is 11.6. The van der Waals surface area contributed by atoms with Gasteiger partial charge in [-0.2, -0.15) is 0 Å². The number of para-hydroxylation sites is 1. The first kappa shape index (κ1) is 14.2. The van der Waals surface area contributed by atoms with E-state index in [-0.39, 0.29) is 12.5 Å². The molecule has 0 unspecified atom stereocenters. The monoisotopic (exact) mass is 249 g/mol. The summed E-state index contributed by atoms with van der Waals surface area (Å²) >= 11 is 0. The predicted molar refractivity (Wildman–Crippen MR) is 69.3 cm³/mol. The summed E-state index contributed by atoms with van der Waals surface area (Å²) in [7, 11) is 0. The van der Waals surface area contributed by atoms with Crippen LogP contribution in [0.4, 0.5) is 0 Å². The fourth-order valence-corrected chi connectivity index (χ4v) is 1.25. The van der Waals surface area contributed by atoms with Gasteiger partial charge in [0.1, 0.15) is 12.3 Å². The van der Waals surface area contributed by atoms with Crippen LogP contribution in [-0.2, 0) is 9.59 Å². The fourth-order valence-electron chi connectivity index (χ4n) is 1.25. The quantitative estimate of drug-likeness (QED) is 0.659. The molecule has 0 aliphatic carbocycles. The molecule has 1 aromatic rings. The minimum atomic E-state index is -0.511. The molecule has 0 saturated carbocycles. The molecule has 0 heterocycles. The summed E-state index contributed by atoms with van der Waals surface area (Å²) in [6.45, 7) is 7.10. The van der Waals surface area contributed by atoms with E-state index >= 15 is 0 Å². The Morgan fingerprint density at radius 2 is 1.83 bits per heavy atom. The zero-order chi connectivity index (χ0) is 13.8. The third-order valence-electron chi connectivity index (χ3n) is 2.39. The summed E-state index contributed by atoms with van der Waals surface area (Å²) in [5.41, 5.74) is 0.371. The highest BCUT2D eigenvalue weighted by molar-refractivity contribution is 5.86. The van der Waals surface area contributed by atoms with Crippen LogP contribution in [0.15, 0.2) is 24.3 Å². The Morgan fingerprint density at radius 3 is 2.39 bits per heavy atom. The number of nitrogens with one attached hydrogen (secondary N) is 1. The Morgan fingerprint density at radius 1 is 1.22 bits per heavy atom. The zero-order valence-corrected chi connectivity index (χ0v) is 11.2. The Labute approximate surface area is 107 Å². The zero-order valence-electron chi connectivity index (χ0n) is 11.2. The molecule has 1 rings (SSSR count). The minimum absolute atomic E-state index is 0.121.